The second-order valence-corrected chi connectivity index (χ2v) is 4.62. The van der Waals surface area contributed by atoms with Crippen molar-refractivity contribution in [2.45, 2.75) is 13.0 Å². The van der Waals surface area contributed by atoms with Crippen molar-refractivity contribution in [2.75, 3.05) is 6.54 Å². The van der Waals surface area contributed by atoms with Gasteiger partial charge in [-0.05, 0) is 41.8 Å². The third-order valence-corrected chi connectivity index (χ3v) is 2.95. The lowest BCUT2D eigenvalue weighted by atomic mass is 10.1. The molecule has 0 heterocycles. The van der Waals surface area contributed by atoms with Gasteiger partial charge in [-0.3, -0.25) is 0 Å². The van der Waals surface area contributed by atoms with Gasteiger partial charge in [0.2, 0.25) is 0 Å². The molecule has 5 heteroatoms. The Hall–Kier alpha value is -2.43. The van der Waals surface area contributed by atoms with Gasteiger partial charge in [0.15, 0.2) is 0 Å². The molecule has 0 fully saturated rings. The van der Waals surface area contributed by atoms with Crippen molar-refractivity contribution >= 4 is 6.03 Å². The third kappa shape index (κ3) is 5.22. The molecule has 2 aromatic rings. The molecule has 0 aromatic heterocycles. The van der Waals surface area contributed by atoms with E-state index in [9.17, 15) is 13.6 Å². The summed E-state index contributed by atoms with van der Waals surface area (Å²) in [5, 5.41) is 5.36. The molecule has 0 unspecified atom stereocenters. The quantitative estimate of drug-likeness (QED) is 0.873. The van der Waals surface area contributed by atoms with Gasteiger partial charge in [-0.1, -0.05) is 24.3 Å². The molecular formula is C16H16F2N2O. The van der Waals surface area contributed by atoms with E-state index in [4.69, 9.17) is 0 Å². The molecule has 2 amide bonds. The van der Waals surface area contributed by atoms with E-state index in [1.54, 1.807) is 24.3 Å². The summed E-state index contributed by atoms with van der Waals surface area (Å²) in [6.45, 7) is 0.741. The molecule has 0 saturated carbocycles. The smallest absolute Gasteiger partial charge is 0.315 e. The van der Waals surface area contributed by atoms with Crippen molar-refractivity contribution in [3.8, 4) is 0 Å². The number of benzene rings is 2. The van der Waals surface area contributed by atoms with E-state index < -0.39 is 0 Å². The molecule has 0 spiro atoms. The van der Waals surface area contributed by atoms with Crippen LogP contribution in [-0.2, 0) is 13.0 Å². The van der Waals surface area contributed by atoms with E-state index in [0.717, 1.165) is 11.1 Å². The Labute approximate surface area is 122 Å². The van der Waals surface area contributed by atoms with E-state index >= 15 is 0 Å². The zero-order chi connectivity index (χ0) is 15.1. The minimum absolute atomic E-state index is 0.284. The Kier molecular flexibility index (Phi) is 5.26. The maximum atomic E-state index is 13.0. The molecule has 110 valence electrons. The molecule has 3 nitrogen and oxygen atoms in total. The molecule has 0 aliphatic carbocycles. The molecule has 0 aliphatic heterocycles. The first-order valence-corrected chi connectivity index (χ1v) is 6.64. The summed E-state index contributed by atoms with van der Waals surface area (Å²) in [6, 6.07) is 11.9. The van der Waals surface area contributed by atoms with Crippen LogP contribution < -0.4 is 10.6 Å². The van der Waals surface area contributed by atoms with Gasteiger partial charge in [0.1, 0.15) is 11.6 Å². The maximum absolute atomic E-state index is 13.0. The van der Waals surface area contributed by atoms with Crippen LogP contribution >= 0.6 is 0 Å². The number of rotatable bonds is 5. The number of hydrogen-bond donors (Lipinski definition) is 2. The highest BCUT2D eigenvalue weighted by Gasteiger charge is 2.01. The van der Waals surface area contributed by atoms with Crippen LogP contribution in [0.25, 0.3) is 0 Å². The van der Waals surface area contributed by atoms with E-state index in [-0.39, 0.29) is 17.7 Å². The van der Waals surface area contributed by atoms with Crippen LogP contribution in [0.2, 0.25) is 0 Å². The maximum Gasteiger partial charge on any atom is 0.315 e. The second kappa shape index (κ2) is 7.38. The van der Waals surface area contributed by atoms with E-state index in [1.807, 2.05) is 0 Å². The molecule has 2 N–H and O–H groups in total. The van der Waals surface area contributed by atoms with Gasteiger partial charge in [-0.25, -0.2) is 13.6 Å². The summed E-state index contributed by atoms with van der Waals surface area (Å²) < 4.78 is 25.7. The predicted molar refractivity (Wildman–Crippen MR) is 76.7 cm³/mol. The van der Waals surface area contributed by atoms with Gasteiger partial charge < -0.3 is 10.6 Å². The summed E-state index contributed by atoms with van der Waals surface area (Å²) in [5.41, 5.74) is 1.64. The molecule has 0 aliphatic rings. The SMILES string of the molecule is O=C(NCCc1cccc(F)c1)NCc1ccc(F)cc1. The van der Waals surface area contributed by atoms with Crippen molar-refractivity contribution in [3.05, 3.63) is 71.3 Å². The number of carbonyl (C=O) groups is 1. The van der Waals surface area contributed by atoms with Crippen molar-refractivity contribution in [2.24, 2.45) is 0 Å². The monoisotopic (exact) mass is 290 g/mol. The minimum Gasteiger partial charge on any atom is -0.338 e. The molecule has 2 rings (SSSR count). The van der Waals surface area contributed by atoms with Crippen LogP contribution in [0.3, 0.4) is 0 Å². The highest BCUT2D eigenvalue weighted by atomic mass is 19.1. The normalized spacial score (nSPS) is 10.2. The highest BCUT2D eigenvalue weighted by molar-refractivity contribution is 5.73. The largest absolute Gasteiger partial charge is 0.338 e. The second-order valence-electron chi connectivity index (χ2n) is 4.62. The summed E-state index contributed by atoms with van der Waals surface area (Å²) >= 11 is 0. The van der Waals surface area contributed by atoms with Gasteiger partial charge in [0, 0.05) is 13.1 Å². The van der Waals surface area contributed by atoms with Gasteiger partial charge in [-0.15, -0.1) is 0 Å². The zero-order valence-corrected chi connectivity index (χ0v) is 11.4. The number of amides is 2. The molecule has 0 radical (unpaired) electrons. The number of halogens is 2. The lowest BCUT2D eigenvalue weighted by Gasteiger charge is -2.08. The first-order chi connectivity index (χ1) is 10.1. The fourth-order valence-corrected chi connectivity index (χ4v) is 1.86. The standard InChI is InChI=1S/C16H16F2N2O/c17-14-6-4-13(5-7-14)11-20-16(21)19-9-8-12-2-1-3-15(18)10-12/h1-7,10H,8-9,11H2,(H2,19,20,21). The Morgan fingerprint density at radius 1 is 0.905 bits per heavy atom. The third-order valence-electron chi connectivity index (χ3n) is 2.95. The lowest BCUT2D eigenvalue weighted by Crippen LogP contribution is -2.36. The van der Waals surface area contributed by atoms with Gasteiger partial charge in [0.25, 0.3) is 0 Å². The van der Waals surface area contributed by atoms with Gasteiger partial charge >= 0.3 is 6.03 Å². The molecule has 0 atom stereocenters. The molecule has 21 heavy (non-hydrogen) atoms. The van der Waals surface area contributed by atoms with Crippen LogP contribution in [-0.4, -0.2) is 12.6 Å². The number of hydrogen-bond acceptors (Lipinski definition) is 1. The van der Waals surface area contributed by atoms with Crippen LogP contribution in [0.5, 0.6) is 0 Å². The van der Waals surface area contributed by atoms with E-state index in [1.165, 1.54) is 24.3 Å². The Bertz CT molecular complexity index is 599. The average molecular weight is 290 g/mol. The fraction of sp³-hybridized carbons (Fsp3) is 0.188. The first kappa shape index (κ1) is 15.0. The van der Waals surface area contributed by atoms with Crippen molar-refractivity contribution < 1.29 is 13.6 Å². The number of urea groups is 1. The predicted octanol–water partition coefficient (Wildman–Crippen LogP) is 3.01. The van der Waals surface area contributed by atoms with Crippen LogP contribution in [0.1, 0.15) is 11.1 Å². The summed E-state index contributed by atoms with van der Waals surface area (Å²) in [4.78, 5) is 11.6. The van der Waals surface area contributed by atoms with Crippen molar-refractivity contribution in [3.63, 3.8) is 0 Å². The number of carbonyl (C=O) groups excluding carboxylic acids is 1. The topological polar surface area (TPSA) is 41.1 Å². The van der Waals surface area contributed by atoms with Crippen molar-refractivity contribution in [1.29, 1.82) is 0 Å². The number of nitrogens with one attached hydrogen (secondary N) is 2. The molecular weight excluding hydrogens is 274 g/mol. The van der Waals surface area contributed by atoms with Gasteiger partial charge in [0.05, 0.1) is 0 Å². The molecule has 2 aromatic carbocycles. The summed E-state index contributed by atoms with van der Waals surface area (Å²) in [6.07, 6.45) is 0.557. The first-order valence-electron chi connectivity index (χ1n) is 6.64. The Morgan fingerprint density at radius 3 is 2.38 bits per heavy atom. The average Bonchev–Trinajstić information content (AvgIpc) is 2.47. The van der Waals surface area contributed by atoms with Crippen LogP contribution in [0, 0.1) is 11.6 Å². The van der Waals surface area contributed by atoms with E-state index in [2.05, 4.69) is 10.6 Å². The fourth-order valence-electron chi connectivity index (χ4n) is 1.86. The van der Waals surface area contributed by atoms with Crippen molar-refractivity contribution in [1.82, 2.24) is 10.6 Å². The Morgan fingerprint density at radius 2 is 1.67 bits per heavy atom. The zero-order valence-electron chi connectivity index (χ0n) is 11.4. The minimum atomic E-state index is -0.310. The molecule has 0 saturated heterocycles. The lowest BCUT2D eigenvalue weighted by molar-refractivity contribution is 0.240. The van der Waals surface area contributed by atoms with Crippen LogP contribution in [0.15, 0.2) is 48.5 Å². The summed E-state index contributed by atoms with van der Waals surface area (Å²) in [7, 11) is 0. The van der Waals surface area contributed by atoms with Gasteiger partial charge in [-0.2, -0.15) is 0 Å². The van der Waals surface area contributed by atoms with Crippen LogP contribution in [0.4, 0.5) is 13.6 Å². The van der Waals surface area contributed by atoms with E-state index in [0.29, 0.717) is 19.5 Å². The molecule has 0 bridgehead atoms. The summed E-state index contributed by atoms with van der Waals surface area (Å²) in [5.74, 6) is -0.591. The highest BCUT2D eigenvalue weighted by Crippen LogP contribution is 2.04. The Balaban J connectivity index is 1.69.